The first-order chi connectivity index (χ1) is 17.3. The molecule has 2 N–H and O–H groups in total. The normalized spacial score (nSPS) is 17.2. The van der Waals surface area contributed by atoms with Crippen LogP contribution in [0, 0.1) is 0 Å². The Bertz CT molecular complexity index is 1150. The molecule has 1 fully saturated rings. The van der Waals surface area contributed by atoms with E-state index >= 15 is 0 Å². The molecule has 0 saturated carbocycles. The molecule has 2 aromatic rings. The number of nitrogens with zero attached hydrogens (tertiary/aromatic N) is 2. The number of rotatable bonds is 11. The number of aromatic hydroxyl groups is 1. The molecule has 1 heterocycles. The third-order valence-corrected chi connectivity index (χ3v) is 6.49. The van der Waals surface area contributed by atoms with Gasteiger partial charge in [-0.1, -0.05) is 31.5 Å². The van der Waals surface area contributed by atoms with Gasteiger partial charge in [0, 0.05) is 18.7 Å². The lowest BCUT2D eigenvalue weighted by atomic mass is 9.95. The summed E-state index contributed by atoms with van der Waals surface area (Å²) in [5, 5.41) is 21.8. The molecule has 1 atom stereocenters. The molecule has 36 heavy (non-hydrogen) atoms. The molecule has 1 amide bonds. The number of ketones is 1. The second kappa shape index (κ2) is 12.1. The third kappa shape index (κ3) is 5.60. The minimum absolute atomic E-state index is 0.0482. The third-order valence-electron chi connectivity index (χ3n) is 6.20. The molecule has 0 aliphatic carbocycles. The van der Waals surface area contributed by atoms with Crippen LogP contribution in [0.25, 0.3) is 5.76 Å². The number of carbonyl (C=O) groups is 2. The zero-order chi connectivity index (χ0) is 26.4. The predicted molar refractivity (Wildman–Crippen MR) is 139 cm³/mol. The first-order valence-electron chi connectivity index (χ1n) is 12.2. The van der Waals surface area contributed by atoms with Gasteiger partial charge in [0.15, 0.2) is 11.5 Å². The molecule has 9 heteroatoms. The van der Waals surface area contributed by atoms with Crippen molar-refractivity contribution in [2.24, 2.45) is 0 Å². The Morgan fingerprint density at radius 3 is 2.28 bits per heavy atom. The van der Waals surface area contributed by atoms with Gasteiger partial charge in [-0.3, -0.25) is 9.59 Å². The van der Waals surface area contributed by atoms with Crippen molar-refractivity contribution in [2.45, 2.75) is 33.7 Å². The first kappa shape index (κ1) is 27.4. The second-order valence-corrected chi connectivity index (χ2v) is 8.66. The van der Waals surface area contributed by atoms with Crippen LogP contribution in [-0.4, -0.2) is 71.1 Å². The van der Waals surface area contributed by atoms with Crippen molar-refractivity contribution >= 4 is 29.1 Å². The van der Waals surface area contributed by atoms with Crippen molar-refractivity contribution in [3.05, 3.63) is 58.1 Å². The standard InChI is InChI=1S/C27H33ClN2O6/c1-5-29(6-2)13-14-30-24(17-9-11-20(31)22(16-17)36-8-4)23(26(33)27(30)34)25(32)18-10-12-21(35-7-3)19(28)15-18/h9-12,15-16,24,31-32H,5-8,13-14H2,1-4H3/b25-23+. The summed E-state index contributed by atoms with van der Waals surface area (Å²) < 4.78 is 11.0. The van der Waals surface area contributed by atoms with E-state index in [9.17, 15) is 19.8 Å². The maximum atomic E-state index is 13.3. The number of Topliss-reactive ketones (excluding diaryl/α,β-unsaturated/α-hetero) is 1. The van der Waals surface area contributed by atoms with Crippen LogP contribution >= 0.6 is 11.6 Å². The van der Waals surface area contributed by atoms with E-state index in [0.29, 0.717) is 36.6 Å². The molecule has 0 aromatic heterocycles. The van der Waals surface area contributed by atoms with Crippen LogP contribution in [0.2, 0.25) is 5.02 Å². The molecule has 3 rings (SSSR count). The number of likely N-dealkylation sites (N-methyl/N-ethyl adjacent to an activating group) is 1. The largest absolute Gasteiger partial charge is 0.507 e. The molecule has 1 aliphatic rings. The van der Waals surface area contributed by atoms with Crippen LogP contribution in [0.3, 0.4) is 0 Å². The molecule has 1 aliphatic heterocycles. The lowest BCUT2D eigenvalue weighted by Crippen LogP contribution is -2.38. The van der Waals surface area contributed by atoms with Crippen molar-refractivity contribution in [1.82, 2.24) is 9.80 Å². The van der Waals surface area contributed by atoms with Crippen molar-refractivity contribution in [3.63, 3.8) is 0 Å². The highest BCUT2D eigenvalue weighted by Crippen LogP contribution is 2.42. The fraction of sp³-hybridized carbons (Fsp3) is 0.407. The van der Waals surface area contributed by atoms with E-state index < -0.39 is 17.7 Å². The predicted octanol–water partition coefficient (Wildman–Crippen LogP) is 4.61. The minimum Gasteiger partial charge on any atom is -0.507 e. The van der Waals surface area contributed by atoms with Crippen LogP contribution in [0.1, 0.15) is 44.9 Å². The summed E-state index contributed by atoms with van der Waals surface area (Å²) in [4.78, 5) is 30.1. The van der Waals surface area contributed by atoms with Crippen LogP contribution < -0.4 is 9.47 Å². The van der Waals surface area contributed by atoms with Gasteiger partial charge in [-0.05, 0) is 62.8 Å². The van der Waals surface area contributed by atoms with E-state index in [1.54, 1.807) is 31.2 Å². The Kier molecular flexibility index (Phi) is 9.23. The minimum atomic E-state index is -0.870. The highest BCUT2D eigenvalue weighted by molar-refractivity contribution is 6.46. The van der Waals surface area contributed by atoms with Crippen LogP contribution in [0.4, 0.5) is 0 Å². The molecule has 1 unspecified atom stereocenters. The molecule has 0 radical (unpaired) electrons. The first-order valence-corrected chi connectivity index (χ1v) is 12.5. The van der Waals surface area contributed by atoms with Crippen molar-refractivity contribution < 1.29 is 29.3 Å². The Hall–Kier alpha value is -3.23. The fourth-order valence-electron chi connectivity index (χ4n) is 4.29. The molecule has 8 nitrogen and oxygen atoms in total. The Morgan fingerprint density at radius 1 is 1.00 bits per heavy atom. The van der Waals surface area contributed by atoms with Gasteiger partial charge in [-0.25, -0.2) is 0 Å². The molecule has 194 valence electrons. The number of hydrogen-bond donors (Lipinski definition) is 2. The van der Waals surface area contributed by atoms with E-state index in [2.05, 4.69) is 4.90 Å². The molecule has 0 bridgehead atoms. The summed E-state index contributed by atoms with van der Waals surface area (Å²) in [7, 11) is 0. The van der Waals surface area contributed by atoms with Crippen molar-refractivity contribution in [2.75, 3.05) is 39.4 Å². The summed E-state index contributed by atoms with van der Waals surface area (Å²) in [6.07, 6.45) is 0. The number of amides is 1. The number of phenolic OH excluding ortho intramolecular Hbond substituents is 1. The van der Waals surface area contributed by atoms with E-state index in [1.165, 1.54) is 17.0 Å². The number of aliphatic hydroxyl groups is 1. The Morgan fingerprint density at radius 2 is 1.67 bits per heavy atom. The van der Waals surface area contributed by atoms with Gasteiger partial charge in [-0.15, -0.1) is 0 Å². The highest BCUT2D eigenvalue weighted by atomic mass is 35.5. The maximum absolute atomic E-state index is 13.3. The lowest BCUT2D eigenvalue weighted by Gasteiger charge is -2.28. The number of ether oxygens (including phenoxy) is 2. The quantitative estimate of drug-likeness (QED) is 0.255. The van der Waals surface area contributed by atoms with Crippen molar-refractivity contribution in [1.29, 1.82) is 0 Å². The summed E-state index contributed by atoms with van der Waals surface area (Å²) in [6.45, 7) is 10.8. The topological polar surface area (TPSA) is 99.5 Å². The molecule has 1 saturated heterocycles. The molecule has 2 aromatic carbocycles. The number of benzene rings is 2. The van der Waals surface area contributed by atoms with Gasteiger partial charge in [0.1, 0.15) is 11.5 Å². The summed E-state index contributed by atoms with van der Waals surface area (Å²) in [6, 6.07) is 8.51. The maximum Gasteiger partial charge on any atom is 0.295 e. The number of phenols is 1. The second-order valence-electron chi connectivity index (χ2n) is 8.26. The molecular weight excluding hydrogens is 484 g/mol. The van der Waals surface area contributed by atoms with Gasteiger partial charge in [0.05, 0.1) is 29.9 Å². The SMILES string of the molecule is CCOc1cc(C2/C(=C(\O)c3ccc(OCC)c(Cl)c3)C(=O)C(=O)N2CCN(CC)CC)ccc1O. The lowest BCUT2D eigenvalue weighted by molar-refractivity contribution is -0.140. The molecular formula is C27H33ClN2O6. The summed E-state index contributed by atoms with van der Waals surface area (Å²) in [5.74, 6) is -1.19. The van der Waals surface area contributed by atoms with E-state index in [-0.39, 0.29) is 34.4 Å². The summed E-state index contributed by atoms with van der Waals surface area (Å²) in [5.41, 5.74) is 0.778. The monoisotopic (exact) mass is 516 g/mol. The van der Waals surface area contributed by atoms with Gasteiger partial charge in [0.25, 0.3) is 11.7 Å². The van der Waals surface area contributed by atoms with Gasteiger partial charge >= 0.3 is 0 Å². The number of likely N-dealkylation sites (tertiary alicyclic amines) is 1. The summed E-state index contributed by atoms with van der Waals surface area (Å²) >= 11 is 6.32. The van der Waals surface area contributed by atoms with Gasteiger partial charge < -0.3 is 29.5 Å². The van der Waals surface area contributed by atoms with E-state index in [0.717, 1.165) is 13.1 Å². The zero-order valence-corrected chi connectivity index (χ0v) is 21.8. The van der Waals surface area contributed by atoms with Crippen LogP contribution in [0.15, 0.2) is 42.0 Å². The smallest absolute Gasteiger partial charge is 0.295 e. The van der Waals surface area contributed by atoms with Crippen LogP contribution in [0.5, 0.6) is 17.2 Å². The highest BCUT2D eigenvalue weighted by Gasteiger charge is 2.46. The Labute approximate surface area is 216 Å². The van der Waals surface area contributed by atoms with E-state index in [1.807, 2.05) is 20.8 Å². The number of hydrogen-bond acceptors (Lipinski definition) is 7. The van der Waals surface area contributed by atoms with E-state index in [4.69, 9.17) is 21.1 Å². The van der Waals surface area contributed by atoms with Gasteiger partial charge in [-0.2, -0.15) is 0 Å². The van der Waals surface area contributed by atoms with Crippen molar-refractivity contribution in [3.8, 4) is 17.2 Å². The average Bonchev–Trinajstić information content (AvgIpc) is 3.12. The number of carbonyl (C=O) groups excluding carboxylic acids is 2. The molecule has 0 spiro atoms. The Balaban J connectivity index is 2.14. The fourth-order valence-corrected chi connectivity index (χ4v) is 4.53. The van der Waals surface area contributed by atoms with Gasteiger partial charge in [0.2, 0.25) is 0 Å². The van der Waals surface area contributed by atoms with Crippen LogP contribution in [-0.2, 0) is 9.59 Å². The zero-order valence-electron chi connectivity index (χ0n) is 21.1. The average molecular weight is 517 g/mol. The number of halogens is 1. The number of aliphatic hydroxyl groups excluding tert-OH is 1.